The zero-order valence-corrected chi connectivity index (χ0v) is 12.0. The summed E-state index contributed by atoms with van der Waals surface area (Å²) in [6.45, 7) is 2.71. The Morgan fingerprint density at radius 3 is 2.76 bits per heavy atom. The highest BCUT2D eigenvalue weighted by atomic mass is 16.5. The van der Waals surface area contributed by atoms with E-state index in [0.717, 1.165) is 27.8 Å². The minimum Gasteiger partial charge on any atom is -0.481 e. The van der Waals surface area contributed by atoms with Gasteiger partial charge in [-0.1, -0.05) is 18.2 Å². The quantitative estimate of drug-likeness (QED) is 0.796. The van der Waals surface area contributed by atoms with E-state index in [-0.39, 0.29) is 0 Å². The lowest BCUT2D eigenvalue weighted by atomic mass is 10.1. The van der Waals surface area contributed by atoms with Gasteiger partial charge in [-0.05, 0) is 24.1 Å². The van der Waals surface area contributed by atoms with Crippen LogP contribution in [-0.4, -0.2) is 22.1 Å². The lowest BCUT2D eigenvalue weighted by Crippen LogP contribution is -2.03. The van der Waals surface area contributed by atoms with Crippen molar-refractivity contribution in [3.8, 4) is 5.88 Å². The van der Waals surface area contributed by atoms with Crippen LogP contribution in [0.15, 0.2) is 42.9 Å². The Hall–Kier alpha value is -2.69. The highest BCUT2D eigenvalue weighted by Gasteiger charge is 2.06. The molecule has 1 N–H and O–H groups in total. The van der Waals surface area contributed by atoms with Crippen LogP contribution in [0.25, 0.3) is 10.9 Å². The van der Waals surface area contributed by atoms with Crippen molar-refractivity contribution < 1.29 is 4.74 Å². The summed E-state index contributed by atoms with van der Waals surface area (Å²) in [7, 11) is 1.61. The minimum atomic E-state index is 0.613. The van der Waals surface area contributed by atoms with Crippen LogP contribution in [0.5, 0.6) is 5.88 Å². The number of nitrogens with zero attached hydrogens (tertiary/aromatic N) is 3. The summed E-state index contributed by atoms with van der Waals surface area (Å²) in [5, 5.41) is 4.41. The molecule has 1 aromatic carbocycles. The molecule has 0 bridgehead atoms. The molecule has 5 nitrogen and oxygen atoms in total. The number of aryl methyl sites for hydroxylation is 1. The topological polar surface area (TPSA) is 59.9 Å². The highest BCUT2D eigenvalue weighted by Crippen LogP contribution is 2.23. The van der Waals surface area contributed by atoms with Gasteiger partial charge in [0.1, 0.15) is 12.1 Å². The maximum absolute atomic E-state index is 5.05. The number of hydrogen-bond donors (Lipinski definition) is 1. The summed E-state index contributed by atoms with van der Waals surface area (Å²) in [4.78, 5) is 12.8. The number of aromatic nitrogens is 3. The van der Waals surface area contributed by atoms with E-state index in [0.29, 0.717) is 12.4 Å². The summed E-state index contributed by atoms with van der Waals surface area (Å²) in [5.74, 6) is 1.45. The molecule has 0 spiro atoms. The van der Waals surface area contributed by atoms with Crippen LogP contribution in [0.2, 0.25) is 0 Å². The van der Waals surface area contributed by atoms with Gasteiger partial charge < -0.3 is 10.1 Å². The Morgan fingerprint density at radius 2 is 2.00 bits per heavy atom. The standard InChI is InChI=1S/C16H16N4O/c1-11-4-3-5-13-15(11)16(20-10-19-13)18-9-12-6-7-14(21-2)17-8-12/h3-8,10H,9H2,1-2H3,(H,18,19,20). The molecule has 0 atom stereocenters. The van der Waals surface area contributed by atoms with E-state index >= 15 is 0 Å². The molecule has 0 aliphatic carbocycles. The fraction of sp³-hybridized carbons (Fsp3) is 0.188. The average Bonchev–Trinajstić information content (AvgIpc) is 2.53. The van der Waals surface area contributed by atoms with Gasteiger partial charge in [-0.2, -0.15) is 0 Å². The van der Waals surface area contributed by atoms with E-state index in [9.17, 15) is 0 Å². The number of benzene rings is 1. The van der Waals surface area contributed by atoms with Gasteiger partial charge in [-0.3, -0.25) is 0 Å². The Labute approximate surface area is 123 Å². The Kier molecular flexibility index (Phi) is 3.64. The molecular weight excluding hydrogens is 264 g/mol. The molecule has 2 aromatic heterocycles. The van der Waals surface area contributed by atoms with Crippen LogP contribution < -0.4 is 10.1 Å². The largest absolute Gasteiger partial charge is 0.481 e. The zero-order valence-electron chi connectivity index (χ0n) is 12.0. The molecule has 5 heteroatoms. The van der Waals surface area contributed by atoms with Crippen LogP contribution in [0.1, 0.15) is 11.1 Å². The summed E-state index contributed by atoms with van der Waals surface area (Å²) in [6.07, 6.45) is 3.37. The van der Waals surface area contributed by atoms with E-state index in [1.807, 2.05) is 24.3 Å². The van der Waals surface area contributed by atoms with E-state index in [1.165, 1.54) is 0 Å². The van der Waals surface area contributed by atoms with Gasteiger partial charge >= 0.3 is 0 Å². The van der Waals surface area contributed by atoms with E-state index < -0.39 is 0 Å². The van der Waals surface area contributed by atoms with Gasteiger partial charge in [-0.25, -0.2) is 15.0 Å². The molecule has 2 heterocycles. The van der Waals surface area contributed by atoms with Gasteiger partial charge in [0.15, 0.2) is 0 Å². The molecule has 3 aromatic rings. The predicted octanol–water partition coefficient (Wildman–Crippen LogP) is 2.95. The van der Waals surface area contributed by atoms with Gasteiger partial charge in [-0.15, -0.1) is 0 Å². The first-order chi connectivity index (χ1) is 10.3. The second kappa shape index (κ2) is 5.75. The maximum atomic E-state index is 5.05. The number of pyridine rings is 1. The first-order valence-corrected chi connectivity index (χ1v) is 6.71. The number of rotatable bonds is 4. The maximum Gasteiger partial charge on any atom is 0.212 e. The molecule has 0 radical (unpaired) electrons. The summed E-state index contributed by atoms with van der Waals surface area (Å²) < 4.78 is 5.05. The van der Waals surface area contributed by atoms with Gasteiger partial charge in [0.2, 0.25) is 5.88 Å². The SMILES string of the molecule is COc1ccc(CNc2ncnc3cccc(C)c23)cn1. The van der Waals surface area contributed by atoms with Gasteiger partial charge in [0, 0.05) is 24.2 Å². The van der Waals surface area contributed by atoms with Crippen LogP contribution in [-0.2, 0) is 6.54 Å². The number of hydrogen-bond acceptors (Lipinski definition) is 5. The van der Waals surface area contributed by atoms with E-state index in [4.69, 9.17) is 4.74 Å². The molecule has 0 fully saturated rings. The van der Waals surface area contributed by atoms with Crippen molar-refractivity contribution in [2.24, 2.45) is 0 Å². The smallest absolute Gasteiger partial charge is 0.212 e. The Bertz CT molecular complexity index is 751. The highest BCUT2D eigenvalue weighted by molar-refractivity contribution is 5.91. The third-order valence-electron chi connectivity index (χ3n) is 3.34. The number of anilines is 1. The fourth-order valence-electron chi connectivity index (χ4n) is 2.24. The van der Waals surface area contributed by atoms with E-state index in [2.05, 4.69) is 33.3 Å². The molecule has 106 valence electrons. The normalized spacial score (nSPS) is 10.6. The fourth-order valence-corrected chi connectivity index (χ4v) is 2.24. The molecule has 3 rings (SSSR count). The number of nitrogens with one attached hydrogen (secondary N) is 1. The molecular formula is C16H16N4O. The molecule has 0 unspecified atom stereocenters. The predicted molar refractivity (Wildman–Crippen MR) is 82.4 cm³/mol. The summed E-state index contributed by atoms with van der Waals surface area (Å²) in [6, 6.07) is 9.88. The monoisotopic (exact) mass is 280 g/mol. The third-order valence-corrected chi connectivity index (χ3v) is 3.34. The van der Waals surface area contributed by atoms with Crippen molar-refractivity contribution in [3.05, 3.63) is 54.0 Å². The van der Waals surface area contributed by atoms with Crippen LogP contribution >= 0.6 is 0 Å². The molecule has 21 heavy (non-hydrogen) atoms. The summed E-state index contributed by atoms with van der Waals surface area (Å²) in [5.41, 5.74) is 3.17. The van der Waals surface area contributed by atoms with Crippen molar-refractivity contribution in [1.29, 1.82) is 0 Å². The van der Waals surface area contributed by atoms with Crippen LogP contribution in [0, 0.1) is 6.92 Å². The van der Waals surface area contributed by atoms with Crippen molar-refractivity contribution in [1.82, 2.24) is 15.0 Å². The molecule has 0 saturated heterocycles. The van der Waals surface area contributed by atoms with E-state index in [1.54, 1.807) is 19.6 Å². The summed E-state index contributed by atoms with van der Waals surface area (Å²) >= 11 is 0. The first-order valence-electron chi connectivity index (χ1n) is 6.71. The Balaban J connectivity index is 1.84. The lowest BCUT2D eigenvalue weighted by Gasteiger charge is -2.10. The van der Waals surface area contributed by atoms with Crippen LogP contribution in [0.4, 0.5) is 5.82 Å². The number of methoxy groups -OCH3 is 1. The first kappa shape index (κ1) is 13.3. The number of ether oxygens (including phenoxy) is 1. The van der Waals surface area contributed by atoms with Gasteiger partial charge in [0.25, 0.3) is 0 Å². The van der Waals surface area contributed by atoms with Crippen molar-refractivity contribution in [3.63, 3.8) is 0 Å². The second-order valence-corrected chi connectivity index (χ2v) is 4.75. The second-order valence-electron chi connectivity index (χ2n) is 4.75. The van der Waals surface area contributed by atoms with Crippen molar-refractivity contribution in [2.45, 2.75) is 13.5 Å². The molecule has 0 saturated carbocycles. The van der Waals surface area contributed by atoms with Gasteiger partial charge in [0.05, 0.1) is 12.6 Å². The molecule has 0 aliphatic rings. The third kappa shape index (κ3) is 2.76. The zero-order chi connectivity index (χ0) is 14.7. The minimum absolute atomic E-state index is 0.613. The average molecular weight is 280 g/mol. The number of fused-ring (bicyclic) bond motifs is 1. The molecule has 0 amide bonds. The molecule has 0 aliphatic heterocycles. The van der Waals surface area contributed by atoms with Crippen molar-refractivity contribution in [2.75, 3.05) is 12.4 Å². The van der Waals surface area contributed by atoms with Crippen molar-refractivity contribution >= 4 is 16.7 Å². The van der Waals surface area contributed by atoms with Crippen LogP contribution in [0.3, 0.4) is 0 Å². The lowest BCUT2D eigenvalue weighted by molar-refractivity contribution is 0.397. The Morgan fingerprint density at radius 1 is 1.10 bits per heavy atom.